The third-order valence-electron chi connectivity index (χ3n) is 3.08. The van der Waals surface area contributed by atoms with Crippen LogP contribution in [0, 0.1) is 0 Å². The number of aliphatic carboxylic acids is 1. The first kappa shape index (κ1) is 16.6. The SMILES string of the molecule is CCC(CC)n1ccc(CSCC(NC=O)C(=O)O)n1. The number of carboxylic acid groups (broad SMARTS) is 1. The van der Waals surface area contributed by atoms with Gasteiger partial charge in [-0.15, -0.1) is 0 Å². The second kappa shape index (κ2) is 8.63. The molecule has 20 heavy (non-hydrogen) atoms. The van der Waals surface area contributed by atoms with Crippen molar-refractivity contribution in [1.82, 2.24) is 15.1 Å². The van der Waals surface area contributed by atoms with Crippen LogP contribution in [0.4, 0.5) is 0 Å². The van der Waals surface area contributed by atoms with E-state index in [2.05, 4.69) is 24.3 Å². The highest BCUT2D eigenvalue weighted by Crippen LogP contribution is 2.17. The van der Waals surface area contributed by atoms with E-state index in [1.54, 1.807) is 0 Å². The third kappa shape index (κ3) is 4.88. The second-order valence-corrected chi connectivity index (χ2v) is 5.48. The quantitative estimate of drug-likeness (QED) is 0.642. The van der Waals surface area contributed by atoms with E-state index in [-0.39, 0.29) is 0 Å². The molecule has 1 rings (SSSR count). The predicted molar refractivity (Wildman–Crippen MR) is 78.6 cm³/mol. The van der Waals surface area contributed by atoms with Crippen LogP contribution in [0.5, 0.6) is 0 Å². The monoisotopic (exact) mass is 299 g/mol. The van der Waals surface area contributed by atoms with Crippen LogP contribution in [-0.2, 0) is 15.3 Å². The summed E-state index contributed by atoms with van der Waals surface area (Å²) in [4.78, 5) is 21.1. The van der Waals surface area contributed by atoms with Crippen molar-refractivity contribution < 1.29 is 14.7 Å². The average molecular weight is 299 g/mol. The van der Waals surface area contributed by atoms with Crippen molar-refractivity contribution in [3.05, 3.63) is 18.0 Å². The molecule has 0 fully saturated rings. The molecule has 0 aliphatic heterocycles. The summed E-state index contributed by atoms with van der Waals surface area (Å²) in [6.07, 6.45) is 4.46. The summed E-state index contributed by atoms with van der Waals surface area (Å²) in [6, 6.07) is 1.52. The lowest BCUT2D eigenvalue weighted by molar-refractivity contribution is -0.139. The van der Waals surface area contributed by atoms with Gasteiger partial charge in [0.15, 0.2) is 0 Å². The molecule has 1 heterocycles. The molecule has 1 aromatic heterocycles. The zero-order chi connectivity index (χ0) is 15.0. The van der Waals surface area contributed by atoms with Crippen LogP contribution < -0.4 is 5.32 Å². The molecule has 1 amide bonds. The summed E-state index contributed by atoms with van der Waals surface area (Å²) in [6.45, 7) is 4.26. The first-order chi connectivity index (χ1) is 9.62. The topological polar surface area (TPSA) is 84.2 Å². The second-order valence-electron chi connectivity index (χ2n) is 4.45. The van der Waals surface area contributed by atoms with Gasteiger partial charge in [-0.25, -0.2) is 4.79 Å². The van der Waals surface area contributed by atoms with Crippen molar-refractivity contribution in [2.45, 2.75) is 44.5 Å². The highest BCUT2D eigenvalue weighted by molar-refractivity contribution is 7.98. The standard InChI is InChI=1S/C13H21N3O3S/c1-3-11(4-2)16-6-5-10(15-16)7-20-8-12(13(18)19)14-9-17/h5-6,9,11-12H,3-4,7-8H2,1-2H3,(H,14,17)(H,18,19). The molecule has 0 aromatic carbocycles. The lowest BCUT2D eigenvalue weighted by Gasteiger charge is -2.12. The molecular formula is C13H21N3O3S. The molecule has 0 aliphatic rings. The third-order valence-corrected chi connectivity index (χ3v) is 4.15. The molecule has 2 N–H and O–H groups in total. The van der Waals surface area contributed by atoms with Gasteiger partial charge in [0, 0.05) is 17.7 Å². The number of nitrogens with zero attached hydrogens (tertiary/aromatic N) is 2. The van der Waals surface area contributed by atoms with Crippen LogP contribution in [0.25, 0.3) is 0 Å². The van der Waals surface area contributed by atoms with Crippen molar-refractivity contribution in [3.8, 4) is 0 Å². The molecule has 6 nitrogen and oxygen atoms in total. The molecule has 0 spiro atoms. The normalized spacial score (nSPS) is 12.3. The van der Waals surface area contributed by atoms with Crippen molar-refractivity contribution in [3.63, 3.8) is 0 Å². The van der Waals surface area contributed by atoms with Crippen molar-refractivity contribution in [2.75, 3.05) is 5.75 Å². The number of aromatic nitrogens is 2. The van der Waals surface area contributed by atoms with Crippen LogP contribution in [0.2, 0.25) is 0 Å². The number of carbonyl (C=O) groups excluding carboxylic acids is 1. The smallest absolute Gasteiger partial charge is 0.327 e. The molecule has 1 atom stereocenters. The molecule has 0 saturated heterocycles. The van der Waals surface area contributed by atoms with Gasteiger partial charge in [-0.05, 0) is 18.9 Å². The molecule has 7 heteroatoms. The van der Waals surface area contributed by atoms with E-state index < -0.39 is 12.0 Å². The van der Waals surface area contributed by atoms with E-state index in [0.29, 0.717) is 24.0 Å². The highest BCUT2D eigenvalue weighted by Gasteiger charge is 2.16. The molecule has 112 valence electrons. The van der Waals surface area contributed by atoms with Crippen molar-refractivity contribution >= 4 is 24.1 Å². The molecule has 0 aliphatic carbocycles. The van der Waals surface area contributed by atoms with Gasteiger partial charge in [0.1, 0.15) is 6.04 Å². The van der Waals surface area contributed by atoms with Crippen molar-refractivity contribution in [2.24, 2.45) is 0 Å². The summed E-state index contributed by atoms with van der Waals surface area (Å²) in [5, 5.41) is 15.7. The van der Waals surface area contributed by atoms with E-state index in [4.69, 9.17) is 5.11 Å². The molecule has 0 saturated carbocycles. The van der Waals surface area contributed by atoms with E-state index in [1.165, 1.54) is 11.8 Å². The van der Waals surface area contributed by atoms with Gasteiger partial charge in [0.25, 0.3) is 0 Å². The zero-order valence-corrected chi connectivity index (χ0v) is 12.6. The molecule has 0 bridgehead atoms. The van der Waals surface area contributed by atoms with Gasteiger partial charge in [0.05, 0.1) is 11.7 Å². The number of rotatable bonds is 10. The van der Waals surface area contributed by atoms with Crippen LogP contribution in [0.15, 0.2) is 12.3 Å². The maximum absolute atomic E-state index is 10.8. The molecular weight excluding hydrogens is 278 g/mol. The Morgan fingerprint density at radius 2 is 2.25 bits per heavy atom. The highest BCUT2D eigenvalue weighted by atomic mass is 32.2. The fraction of sp³-hybridized carbons (Fsp3) is 0.615. The Hall–Kier alpha value is -1.50. The fourth-order valence-electron chi connectivity index (χ4n) is 1.87. The fourth-order valence-corrected chi connectivity index (χ4v) is 2.83. The van der Waals surface area contributed by atoms with E-state index in [9.17, 15) is 9.59 Å². The lowest BCUT2D eigenvalue weighted by atomic mass is 10.2. The minimum absolute atomic E-state index is 0.325. The molecule has 1 unspecified atom stereocenters. The van der Waals surface area contributed by atoms with Gasteiger partial charge >= 0.3 is 5.97 Å². The Morgan fingerprint density at radius 3 is 2.80 bits per heavy atom. The Balaban J connectivity index is 2.46. The van der Waals surface area contributed by atoms with Gasteiger partial charge < -0.3 is 10.4 Å². The van der Waals surface area contributed by atoms with Crippen molar-refractivity contribution in [1.29, 1.82) is 0 Å². The Morgan fingerprint density at radius 1 is 1.55 bits per heavy atom. The van der Waals surface area contributed by atoms with E-state index in [1.807, 2.05) is 16.9 Å². The minimum Gasteiger partial charge on any atom is -0.480 e. The van der Waals surface area contributed by atoms with Crippen LogP contribution in [-0.4, -0.2) is 39.1 Å². The Kier molecular flexibility index (Phi) is 7.14. The number of carboxylic acids is 1. The van der Waals surface area contributed by atoms with E-state index in [0.717, 1.165) is 18.5 Å². The maximum atomic E-state index is 10.8. The summed E-state index contributed by atoms with van der Waals surface area (Å²) in [5.74, 6) is -0.0595. The summed E-state index contributed by atoms with van der Waals surface area (Å²) < 4.78 is 1.97. The van der Waals surface area contributed by atoms with Crippen LogP contribution in [0.1, 0.15) is 38.4 Å². The van der Waals surface area contributed by atoms with Crippen LogP contribution in [0.3, 0.4) is 0 Å². The molecule has 1 aromatic rings. The van der Waals surface area contributed by atoms with Crippen LogP contribution >= 0.6 is 11.8 Å². The average Bonchev–Trinajstić information content (AvgIpc) is 2.88. The number of carbonyl (C=O) groups is 2. The van der Waals surface area contributed by atoms with Gasteiger partial charge in [-0.2, -0.15) is 16.9 Å². The first-order valence-corrected chi connectivity index (χ1v) is 7.82. The largest absolute Gasteiger partial charge is 0.480 e. The summed E-state index contributed by atoms with van der Waals surface area (Å²) in [5.41, 5.74) is 0.928. The molecule has 0 radical (unpaired) electrons. The number of hydrogen-bond donors (Lipinski definition) is 2. The lowest BCUT2D eigenvalue weighted by Crippen LogP contribution is -2.37. The maximum Gasteiger partial charge on any atom is 0.327 e. The number of thioether (sulfide) groups is 1. The zero-order valence-electron chi connectivity index (χ0n) is 11.8. The van der Waals surface area contributed by atoms with Gasteiger partial charge in [-0.1, -0.05) is 13.8 Å². The van der Waals surface area contributed by atoms with E-state index >= 15 is 0 Å². The summed E-state index contributed by atoms with van der Waals surface area (Å²) in [7, 11) is 0. The number of hydrogen-bond acceptors (Lipinski definition) is 4. The van der Waals surface area contributed by atoms with Gasteiger partial charge in [0.2, 0.25) is 6.41 Å². The Labute approximate surface area is 122 Å². The summed E-state index contributed by atoms with van der Waals surface area (Å²) >= 11 is 1.44. The van der Waals surface area contributed by atoms with Gasteiger partial charge in [-0.3, -0.25) is 9.48 Å². The Bertz CT molecular complexity index is 432. The minimum atomic E-state index is -1.02. The number of amides is 1. The first-order valence-electron chi connectivity index (χ1n) is 6.66. The number of nitrogens with one attached hydrogen (secondary N) is 1. The predicted octanol–water partition coefficient (Wildman–Crippen LogP) is 1.68.